The lowest BCUT2D eigenvalue weighted by atomic mass is 10.1. The minimum absolute atomic E-state index is 0.0367. The van der Waals surface area contributed by atoms with E-state index in [2.05, 4.69) is 15.9 Å². The van der Waals surface area contributed by atoms with Crippen molar-refractivity contribution in [1.29, 1.82) is 0 Å². The Labute approximate surface area is 120 Å². The van der Waals surface area contributed by atoms with Crippen LogP contribution >= 0.6 is 15.9 Å². The zero-order valence-electron chi connectivity index (χ0n) is 10.9. The maximum atomic E-state index is 12.2. The van der Waals surface area contributed by atoms with Gasteiger partial charge in [-0.2, -0.15) is 0 Å². The maximum absolute atomic E-state index is 12.2. The van der Waals surface area contributed by atoms with E-state index in [4.69, 9.17) is 4.74 Å². The highest BCUT2D eigenvalue weighted by Gasteiger charge is 2.30. The second-order valence-electron chi connectivity index (χ2n) is 4.80. The Bertz CT molecular complexity index is 476. The third-order valence-electron chi connectivity index (χ3n) is 3.01. The molecular weight excluding hydrogens is 310 g/mol. The van der Waals surface area contributed by atoms with Gasteiger partial charge in [0, 0.05) is 23.1 Å². The van der Waals surface area contributed by atoms with Gasteiger partial charge in [-0.1, -0.05) is 15.9 Å². The number of amides is 1. The molecule has 1 heterocycles. The number of ketones is 1. The van der Waals surface area contributed by atoms with E-state index in [-0.39, 0.29) is 12.2 Å². The van der Waals surface area contributed by atoms with Crippen molar-refractivity contribution in [2.45, 2.75) is 26.1 Å². The first-order chi connectivity index (χ1) is 8.97. The van der Waals surface area contributed by atoms with Gasteiger partial charge < -0.3 is 9.64 Å². The first kappa shape index (κ1) is 14.2. The summed E-state index contributed by atoms with van der Waals surface area (Å²) < 4.78 is 6.44. The molecule has 1 amide bonds. The highest BCUT2D eigenvalue weighted by Crippen LogP contribution is 2.15. The lowest BCUT2D eigenvalue weighted by Gasteiger charge is -2.34. The second kappa shape index (κ2) is 5.84. The topological polar surface area (TPSA) is 46.6 Å². The van der Waals surface area contributed by atoms with E-state index in [0.29, 0.717) is 18.7 Å². The van der Waals surface area contributed by atoms with E-state index < -0.39 is 11.7 Å². The van der Waals surface area contributed by atoms with E-state index in [0.717, 1.165) is 4.47 Å². The van der Waals surface area contributed by atoms with Crippen LogP contribution in [0, 0.1) is 0 Å². The highest BCUT2D eigenvalue weighted by molar-refractivity contribution is 9.10. The van der Waals surface area contributed by atoms with Crippen molar-refractivity contribution >= 4 is 27.6 Å². The summed E-state index contributed by atoms with van der Waals surface area (Å²) in [6, 6.07) is 6.81. The number of Topliss-reactive ketones (excluding diaryl/α,β-unsaturated/α-hetero) is 1. The fraction of sp³-hybridized carbons (Fsp3) is 0.429. The van der Waals surface area contributed by atoms with Crippen LogP contribution in [0.2, 0.25) is 0 Å². The third kappa shape index (κ3) is 3.42. The standard InChI is InChI=1S/C14H16BrNO3/c1-9-7-16(8-10(2)19-9)14(18)13(17)11-3-5-12(15)6-4-11/h3-6,9-10H,7-8H2,1-2H3. The molecule has 0 saturated carbocycles. The van der Waals surface area contributed by atoms with Gasteiger partial charge in [-0.25, -0.2) is 0 Å². The number of carbonyl (C=O) groups is 2. The van der Waals surface area contributed by atoms with Crippen LogP contribution in [0.25, 0.3) is 0 Å². The number of nitrogens with zero attached hydrogens (tertiary/aromatic N) is 1. The van der Waals surface area contributed by atoms with Gasteiger partial charge in [-0.15, -0.1) is 0 Å². The first-order valence-electron chi connectivity index (χ1n) is 6.22. The number of hydrogen-bond acceptors (Lipinski definition) is 3. The fourth-order valence-corrected chi connectivity index (χ4v) is 2.48. The molecule has 0 radical (unpaired) electrons. The van der Waals surface area contributed by atoms with Crippen LogP contribution in [-0.4, -0.2) is 41.9 Å². The molecule has 1 aliphatic heterocycles. The first-order valence-corrected chi connectivity index (χ1v) is 7.01. The van der Waals surface area contributed by atoms with E-state index in [1.165, 1.54) is 0 Å². The summed E-state index contributed by atoms with van der Waals surface area (Å²) >= 11 is 3.30. The molecule has 0 aromatic heterocycles. The molecule has 0 N–H and O–H groups in total. The predicted molar refractivity (Wildman–Crippen MR) is 75.1 cm³/mol. The normalized spacial score (nSPS) is 23.2. The van der Waals surface area contributed by atoms with Crippen LogP contribution in [0.15, 0.2) is 28.7 Å². The molecule has 0 spiro atoms. The zero-order valence-corrected chi connectivity index (χ0v) is 12.5. The molecule has 1 fully saturated rings. The number of hydrogen-bond donors (Lipinski definition) is 0. The molecule has 0 bridgehead atoms. The van der Waals surface area contributed by atoms with Crippen LogP contribution in [0.4, 0.5) is 0 Å². The molecule has 1 aromatic carbocycles. The number of ether oxygens (including phenoxy) is 1. The lowest BCUT2D eigenvalue weighted by Crippen LogP contribution is -2.50. The van der Waals surface area contributed by atoms with Gasteiger partial charge in [0.05, 0.1) is 12.2 Å². The van der Waals surface area contributed by atoms with Gasteiger partial charge in [-0.05, 0) is 38.1 Å². The Kier molecular flexibility index (Phi) is 4.37. The maximum Gasteiger partial charge on any atom is 0.295 e. The van der Waals surface area contributed by atoms with Crippen molar-refractivity contribution in [1.82, 2.24) is 4.90 Å². The summed E-state index contributed by atoms with van der Waals surface area (Å²) in [4.78, 5) is 25.9. The largest absolute Gasteiger partial charge is 0.372 e. The van der Waals surface area contributed by atoms with Gasteiger partial charge in [0.1, 0.15) is 0 Å². The summed E-state index contributed by atoms with van der Waals surface area (Å²) in [5.41, 5.74) is 0.417. The minimum atomic E-state index is -0.464. The number of benzene rings is 1. The monoisotopic (exact) mass is 325 g/mol. The van der Waals surface area contributed by atoms with E-state index in [1.54, 1.807) is 29.2 Å². The second-order valence-corrected chi connectivity index (χ2v) is 5.72. The van der Waals surface area contributed by atoms with Crippen LogP contribution in [0.1, 0.15) is 24.2 Å². The highest BCUT2D eigenvalue weighted by atomic mass is 79.9. The third-order valence-corrected chi connectivity index (χ3v) is 3.54. The van der Waals surface area contributed by atoms with Gasteiger partial charge in [-0.3, -0.25) is 9.59 Å². The molecule has 19 heavy (non-hydrogen) atoms. The Hall–Kier alpha value is -1.20. The number of morpholine rings is 1. The molecule has 2 unspecified atom stereocenters. The molecule has 5 heteroatoms. The number of halogens is 1. The summed E-state index contributed by atoms with van der Waals surface area (Å²) in [6.45, 7) is 4.73. The molecule has 0 aliphatic carbocycles. The Morgan fingerprint density at radius 2 is 1.68 bits per heavy atom. The lowest BCUT2D eigenvalue weighted by molar-refractivity contribution is -0.138. The van der Waals surface area contributed by atoms with Crippen molar-refractivity contribution in [2.24, 2.45) is 0 Å². The van der Waals surface area contributed by atoms with Crippen LogP contribution < -0.4 is 0 Å². The van der Waals surface area contributed by atoms with Gasteiger partial charge >= 0.3 is 0 Å². The van der Waals surface area contributed by atoms with Crippen LogP contribution in [-0.2, 0) is 9.53 Å². The van der Waals surface area contributed by atoms with Crippen LogP contribution in [0.5, 0.6) is 0 Å². The molecule has 2 rings (SSSR count). The van der Waals surface area contributed by atoms with Gasteiger partial charge in [0.25, 0.3) is 5.91 Å². The van der Waals surface area contributed by atoms with Gasteiger partial charge in [0.2, 0.25) is 5.78 Å². The van der Waals surface area contributed by atoms with Crippen molar-refractivity contribution in [3.63, 3.8) is 0 Å². The zero-order chi connectivity index (χ0) is 14.0. The molecule has 102 valence electrons. The Morgan fingerprint density at radius 3 is 2.21 bits per heavy atom. The van der Waals surface area contributed by atoms with Crippen molar-refractivity contribution in [3.8, 4) is 0 Å². The van der Waals surface area contributed by atoms with Crippen molar-refractivity contribution < 1.29 is 14.3 Å². The summed E-state index contributed by atoms with van der Waals surface area (Å²) in [6.07, 6.45) is -0.0733. The quantitative estimate of drug-likeness (QED) is 0.619. The Morgan fingerprint density at radius 1 is 1.16 bits per heavy atom. The fourth-order valence-electron chi connectivity index (χ4n) is 2.21. The number of carbonyl (C=O) groups excluding carboxylic acids is 2. The number of rotatable bonds is 2. The van der Waals surface area contributed by atoms with Crippen LogP contribution in [0.3, 0.4) is 0 Å². The van der Waals surface area contributed by atoms with E-state index >= 15 is 0 Å². The molecule has 1 saturated heterocycles. The van der Waals surface area contributed by atoms with Crippen molar-refractivity contribution in [3.05, 3.63) is 34.3 Å². The Balaban J connectivity index is 2.10. The van der Waals surface area contributed by atoms with Crippen molar-refractivity contribution in [2.75, 3.05) is 13.1 Å². The molecule has 2 atom stereocenters. The molecular formula is C14H16BrNO3. The molecule has 4 nitrogen and oxygen atoms in total. The summed E-state index contributed by atoms with van der Waals surface area (Å²) in [5.74, 6) is -0.918. The van der Waals surface area contributed by atoms with E-state index in [9.17, 15) is 9.59 Å². The van der Waals surface area contributed by atoms with Gasteiger partial charge in [0.15, 0.2) is 0 Å². The summed E-state index contributed by atoms with van der Waals surface area (Å²) in [5, 5.41) is 0. The summed E-state index contributed by atoms with van der Waals surface area (Å²) in [7, 11) is 0. The average molecular weight is 326 g/mol. The predicted octanol–water partition coefficient (Wildman–Crippen LogP) is 2.27. The average Bonchev–Trinajstić information content (AvgIpc) is 2.37. The SMILES string of the molecule is CC1CN(C(=O)C(=O)c2ccc(Br)cc2)CC(C)O1. The smallest absolute Gasteiger partial charge is 0.295 e. The molecule has 1 aromatic rings. The van der Waals surface area contributed by atoms with E-state index in [1.807, 2.05) is 13.8 Å². The molecule has 1 aliphatic rings. The minimum Gasteiger partial charge on any atom is -0.372 e.